The van der Waals surface area contributed by atoms with Crippen molar-refractivity contribution in [1.82, 2.24) is 14.9 Å². The van der Waals surface area contributed by atoms with Crippen LogP contribution in [0.15, 0.2) is 0 Å². The molecular weight excluding hydrogens is 254 g/mol. The molecule has 0 aromatic carbocycles. The largest absolute Gasteiger partial charge is 0.341 e. The maximum atomic E-state index is 11.8. The molecule has 1 heterocycles. The average Bonchev–Trinajstić information content (AvgIpc) is 2.28. The van der Waals surface area contributed by atoms with E-state index >= 15 is 0 Å². The molecule has 0 atom stereocenters. The first kappa shape index (κ1) is 15.4. The van der Waals surface area contributed by atoms with E-state index in [4.69, 9.17) is 0 Å². The normalized spacial score (nSPS) is 18.0. The summed E-state index contributed by atoms with van der Waals surface area (Å²) in [5.41, 5.74) is 0. The summed E-state index contributed by atoms with van der Waals surface area (Å²) < 4.78 is 24.8. The van der Waals surface area contributed by atoms with Gasteiger partial charge in [0, 0.05) is 19.1 Å². The highest BCUT2D eigenvalue weighted by atomic mass is 32.2. The first-order valence-electron chi connectivity index (χ1n) is 6.38. The van der Waals surface area contributed by atoms with Gasteiger partial charge in [-0.3, -0.25) is 4.79 Å². The summed E-state index contributed by atoms with van der Waals surface area (Å²) >= 11 is 0. The maximum Gasteiger partial charge on any atom is 0.236 e. The summed E-state index contributed by atoms with van der Waals surface area (Å²) in [5.74, 6) is 0.0984. The van der Waals surface area contributed by atoms with Gasteiger partial charge in [-0.2, -0.15) is 0 Å². The second kappa shape index (κ2) is 7.06. The zero-order valence-electron chi connectivity index (χ0n) is 11.1. The zero-order valence-corrected chi connectivity index (χ0v) is 11.9. The quantitative estimate of drug-likeness (QED) is 0.643. The van der Waals surface area contributed by atoms with Crippen molar-refractivity contribution >= 4 is 15.9 Å². The molecule has 1 fully saturated rings. The number of likely N-dealkylation sites (tertiary alicyclic amines) is 1. The van der Waals surface area contributed by atoms with Crippen LogP contribution in [0.2, 0.25) is 0 Å². The van der Waals surface area contributed by atoms with Gasteiger partial charge in [0.05, 0.1) is 12.8 Å². The van der Waals surface area contributed by atoms with Gasteiger partial charge in [-0.1, -0.05) is 6.92 Å². The molecule has 0 aliphatic carbocycles. The Kier molecular flexibility index (Phi) is 6.04. The number of piperidine rings is 1. The van der Waals surface area contributed by atoms with Crippen LogP contribution in [0.25, 0.3) is 0 Å². The molecular formula is C11H23N3O3S. The van der Waals surface area contributed by atoms with E-state index in [2.05, 4.69) is 17.0 Å². The van der Waals surface area contributed by atoms with E-state index in [9.17, 15) is 13.2 Å². The number of nitrogens with one attached hydrogen (secondary N) is 2. The van der Waals surface area contributed by atoms with Crippen LogP contribution in [0.3, 0.4) is 0 Å². The van der Waals surface area contributed by atoms with Crippen LogP contribution in [0, 0.1) is 0 Å². The first-order chi connectivity index (χ1) is 8.42. The summed E-state index contributed by atoms with van der Waals surface area (Å²) in [6.45, 7) is 4.52. The summed E-state index contributed by atoms with van der Waals surface area (Å²) in [5, 5.41) is 3.08. The molecule has 1 amide bonds. The van der Waals surface area contributed by atoms with E-state index in [0.29, 0.717) is 32.5 Å². The number of carbonyl (C=O) groups excluding carboxylic acids is 1. The summed E-state index contributed by atoms with van der Waals surface area (Å²) in [6, 6.07) is -0.0346. The molecule has 0 radical (unpaired) electrons. The van der Waals surface area contributed by atoms with Gasteiger partial charge in [0.25, 0.3) is 0 Å². The van der Waals surface area contributed by atoms with Crippen molar-refractivity contribution in [2.75, 3.05) is 32.4 Å². The zero-order chi connectivity index (χ0) is 13.6. The summed E-state index contributed by atoms with van der Waals surface area (Å²) in [6.07, 6.45) is 3.55. The van der Waals surface area contributed by atoms with Crippen molar-refractivity contribution in [1.29, 1.82) is 0 Å². The molecule has 1 aliphatic heterocycles. The van der Waals surface area contributed by atoms with E-state index in [1.807, 2.05) is 0 Å². The minimum Gasteiger partial charge on any atom is -0.341 e. The van der Waals surface area contributed by atoms with Crippen molar-refractivity contribution < 1.29 is 13.2 Å². The van der Waals surface area contributed by atoms with Crippen molar-refractivity contribution in [3.05, 3.63) is 0 Å². The van der Waals surface area contributed by atoms with Crippen molar-refractivity contribution in [3.8, 4) is 0 Å². The fraction of sp³-hybridized carbons (Fsp3) is 0.909. The van der Waals surface area contributed by atoms with Crippen molar-refractivity contribution in [3.63, 3.8) is 0 Å². The Bertz CT molecular complexity index is 362. The standard InChI is InChI=1S/C11H23N3O3S/c1-3-6-12-9-11(15)14-7-4-10(5-8-14)13-18(2,16)17/h10,12-13H,3-9H2,1-2H3. The lowest BCUT2D eigenvalue weighted by atomic mass is 10.1. The van der Waals surface area contributed by atoms with E-state index in [0.717, 1.165) is 13.0 Å². The fourth-order valence-electron chi connectivity index (χ4n) is 2.03. The molecule has 106 valence electrons. The molecule has 6 nitrogen and oxygen atoms in total. The highest BCUT2D eigenvalue weighted by Crippen LogP contribution is 2.10. The summed E-state index contributed by atoms with van der Waals surface area (Å²) in [7, 11) is -3.14. The minimum atomic E-state index is -3.14. The topological polar surface area (TPSA) is 78.5 Å². The van der Waals surface area contributed by atoms with Crippen LogP contribution in [0.4, 0.5) is 0 Å². The molecule has 2 N–H and O–H groups in total. The number of rotatable bonds is 6. The van der Waals surface area contributed by atoms with Gasteiger partial charge in [-0.05, 0) is 25.8 Å². The molecule has 0 unspecified atom stereocenters. The van der Waals surface area contributed by atoms with E-state index in [1.54, 1.807) is 4.90 Å². The van der Waals surface area contributed by atoms with Crippen LogP contribution in [-0.2, 0) is 14.8 Å². The fourth-order valence-corrected chi connectivity index (χ4v) is 2.87. The van der Waals surface area contributed by atoms with Gasteiger partial charge in [-0.15, -0.1) is 0 Å². The first-order valence-corrected chi connectivity index (χ1v) is 8.27. The number of hydrogen-bond donors (Lipinski definition) is 2. The Balaban J connectivity index is 2.28. The molecule has 1 rings (SSSR count). The molecule has 7 heteroatoms. The SMILES string of the molecule is CCCNCC(=O)N1CCC(NS(C)(=O)=O)CC1. The third-order valence-electron chi connectivity index (χ3n) is 2.93. The van der Waals surface area contributed by atoms with Crippen LogP contribution in [0.1, 0.15) is 26.2 Å². The van der Waals surface area contributed by atoms with Gasteiger partial charge >= 0.3 is 0 Å². The number of nitrogens with zero attached hydrogens (tertiary/aromatic N) is 1. The maximum absolute atomic E-state index is 11.8. The Morgan fingerprint density at radius 3 is 2.44 bits per heavy atom. The molecule has 0 spiro atoms. The molecule has 0 aromatic heterocycles. The number of carbonyl (C=O) groups is 1. The second-order valence-electron chi connectivity index (χ2n) is 4.72. The van der Waals surface area contributed by atoms with Gasteiger partial charge in [0.2, 0.25) is 15.9 Å². The molecule has 1 aliphatic rings. The van der Waals surface area contributed by atoms with E-state index in [1.165, 1.54) is 6.26 Å². The van der Waals surface area contributed by atoms with Gasteiger partial charge in [0.1, 0.15) is 0 Å². The van der Waals surface area contributed by atoms with E-state index < -0.39 is 10.0 Å². The summed E-state index contributed by atoms with van der Waals surface area (Å²) in [4.78, 5) is 13.6. The second-order valence-corrected chi connectivity index (χ2v) is 6.50. The molecule has 0 bridgehead atoms. The third kappa shape index (κ3) is 5.79. The van der Waals surface area contributed by atoms with Gasteiger partial charge in [0.15, 0.2) is 0 Å². The lowest BCUT2D eigenvalue weighted by Gasteiger charge is -2.32. The number of amides is 1. The number of hydrogen-bond acceptors (Lipinski definition) is 4. The minimum absolute atomic E-state index is 0.0346. The molecule has 0 saturated carbocycles. The molecule has 18 heavy (non-hydrogen) atoms. The van der Waals surface area contributed by atoms with Crippen LogP contribution in [0.5, 0.6) is 0 Å². The Labute approximate surface area is 109 Å². The van der Waals surface area contributed by atoms with Crippen molar-refractivity contribution in [2.24, 2.45) is 0 Å². The van der Waals surface area contributed by atoms with Crippen molar-refractivity contribution in [2.45, 2.75) is 32.2 Å². The Hall–Kier alpha value is -0.660. The number of sulfonamides is 1. The smallest absolute Gasteiger partial charge is 0.236 e. The predicted molar refractivity (Wildman–Crippen MR) is 70.7 cm³/mol. The Morgan fingerprint density at radius 2 is 1.94 bits per heavy atom. The van der Waals surface area contributed by atoms with E-state index in [-0.39, 0.29) is 11.9 Å². The lowest BCUT2D eigenvalue weighted by Crippen LogP contribution is -2.48. The third-order valence-corrected chi connectivity index (χ3v) is 3.69. The average molecular weight is 277 g/mol. The van der Waals surface area contributed by atoms with Crippen LogP contribution < -0.4 is 10.0 Å². The predicted octanol–water partition coefficient (Wildman–Crippen LogP) is -0.474. The lowest BCUT2D eigenvalue weighted by molar-refractivity contribution is -0.131. The van der Waals surface area contributed by atoms with Gasteiger partial charge in [-0.25, -0.2) is 13.1 Å². The van der Waals surface area contributed by atoms with Gasteiger partial charge < -0.3 is 10.2 Å². The van der Waals surface area contributed by atoms with Crippen LogP contribution >= 0.6 is 0 Å². The highest BCUT2D eigenvalue weighted by molar-refractivity contribution is 7.88. The van der Waals surface area contributed by atoms with Crippen LogP contribution in [-0.4, -0.2) is 57.7 Å². The monoisotopic (exact) mass is 277 g/mol. The highest BCUT2D eigenvalue weighted by Gasteiger charge is 2.23. The molecule has 1 saturated heterocycles. The molecule has 0 aromatic rings. The Morgan fingerprint density at radius 1 is 1.33 bits per heavy atom.